The Labute approximate surface area is 395 Å². The van der Waals surface area contributed by atoms with Crippen molar-refractivity contribution in [1.29, 1.82) is 0 Å². The van der Waals surface area contributed by atoms with E-state index >= 15 is 0 Å². The van der Waals surface area contributed by atoms with Crippen LogP contribution in [0.1, 0.15) is 79.6 Å². The van der Waals surface area contributed by atoms with Gasteiger partial charge in [-0.1, -0.05) is 118 Å². The third kappa shape index (κ3) is 19.8. The van der Waals surface area contributed by atoms with Crippen molar-refractivity contribution in [2.75, 3.05) is 6.61 Å². The van der Waals surface area contributed by atoms with Crippen molar-refractivity contribution in [3.05, 3.63) is 110 Å². The number of carbonyl (C=O) groups is 2. The van der Waals surface area contributed by atoms with Gasteiger partial charge in [-0.25, -0.2) is 0 Å². The molecule has 16 nitrogen and oxygen atoms in total. The van der Waals surface area contributed by atoms with Gasteiger partial charge in [-0.05, 0) is 39.2 Å². The van der Waals surface area contributed by atoms with Gasteiger partial charge < -0.3 is 69.6 Å². The Bertz CT molecular complexity index is 1750. The number of hydrogen-bond donors (Lipinski definition) is 9. The smallest absolute Gasteiger partial charge is 0.316 e. The van der Waals surface area contributed by atoms with E-state index in [1.54, 1.807) is 58.1 Å². The van der Waals surface area contributed by atoms with Crippen LogP contribution in [0, 0.1) is 23.7 Å². The molecule has 18 atom stereocenters. The van der Waals surface area contributed by atoms with Crippen LogP contribution in [-0.2, 0) is 33.3 Å². The van der Waals surface area contributed by atoms with Crippen LogP contribution in [0.5, 0.6) is 0 Å². The van der Waals surface area contributed by atoms with E-state index < -0.39 is 122 Å². The van der Waals surface area contributed by atoms with Crippen molar-refractivity contribution in [3.63, 3.8) is 0 Å². The highest BCUT2D eigenvalue weighted by Gasteiger charge is 2.45. The molecule has 9 N–H and O–H groups in total. The molecule has 16 heteroatoms. The molecule has 0 radical (unpaired) electrons. The first-order valence-electron chi connectivity index (χ1n) is 23.3. The zero-order valence-electron chi connectivity index (χ0n) is 39.4. The summed E-state index contributed by atoms with van der Waals surface area (Å²) < 4.78 is 29.2. The van der Waals surface area contributed by atoms with Gasteiger partial charge in [0.25, 0.3) is 0 Å². The van der Waals surface area contributed by atoms with Gasteiger partial charge in [0.05, 0.1) is 73.2 Å². The van der Waals surface area contributed by atoms with Crippen LogP contribution < -0.4 is 0 Å². The Morgan fingerprint density at radius 1 is 0.657 bits per heavy atom. The average Bonchev–Trinajstić information content (AvgIpc) is 3.27. The summed E-state index contributed by atoms with van der Waals surface area (Å²) in [5.41, 5.74) is 0. The average molecular weight is 945 g/mol. The first-order chi connectivity index (χ1) is 31.8. The Morgan fingerprint density at radius 3 is 1.85 bits per heavy atom. The maximum Gasteiger partial charge on any atom is 0.316 e. The molecule has 0 spiro atoms. The molecule has 67 heavy (non-hydrogen) atoms. The van der Waals surface area contributed by atoms with E-state index in [2.05, 4.69) is 6.58 Å². The summed E-state index contributed by atoms with van der Waals surface area (Å²) in [7, 11) is 0. The van der Waals surface area contributed by atoms with E-state index in [1.165, 1.54) is 12.2 Å². The van der Waals surface area contributed by atoms with E-state index in [-0.39, 0.29) is 56.8 Å². The first kappa shape index (κ1) is 57.3. The fraction of sp³-hybridized carbons (Fsp3) is 0.608. The second-order valence-corrected chi connectivity index (χ2v) is 17.8. The Hall–Kier alpha value is -4.04. The number of ether oxygens (including phenoxy) is 5. The minimum Gasteiger partial charge on any atom is -0.494 e. The molecule has 18 unspecified atom stereocenters. The lowest BCUT2D eigenvalue weighted by molar-refractivity contribution is -0.288. The quantitative estimate of drug-likeness (QED) is 0.141. The Kier molecular flexibility index (Phi) is 25.4. The molecule has 0 aromatic heterocycles. The largest absolute Gasteiger partial charge is 0.494 e. The number of aliphatic hydroxyl groups excluding tert-OH is 9. The van der Waals surface area contributed by atoms with Crippen molar-refractivity contribution in [2.24, 2.45) is 23.7 Å². The van der Waals surface area contributed by atoms with Gasteiger partial charge >= 0.3 is 11.9 Å². The lowest BCUT2D eigenvalue weighted by Gasteiger charge is -2.42. The van der Waals surface area contributed by atoms with Gasteiger partial charge in [-0.15, -0.1) is 0 Å². The summed E-state index contributed by atoms with van der Waals surface area (Å²) in [6, 6.07) is 0. The van der Waals surface area contributed by atoms with Gasteiger partial charge in [-0.2, -0.15) is 0 Å². The number of fused-ring (bicyclic) bond motifs is 2. The molecule has 0 aromatic rings. The fourth-order valence-electron chi connectivity index (χ4n) is 7.92. The van der Waals surface area contributed by atoms with Gasteiger partial charge in [-0.3, -0.25) is 9.59 Å². The normalized spacial score (nSPS) is 41.9. The topological polar surface area (TPSA) is 262 Å². The van der Waals surface area contributed by atoms with Crippen LogP contribution in [0.15, 0.2) is 110 Å². The van der Waals surface area contributed by atoms with Crippen LogP contribution in [0.25, 0.3) is 0 Å². The van der Waals surface area contributed by atoms with Gasteiger partial charge in [0.15, 0.2) is 6.29 Å². The lowest BCUT2D eigenvalue weighted by atomic mass is 9.88. The standard InChI is InChI=1S/C51H76O16/c1-7-24-63-50(62)46-43(57)29-40-26-38(54)27-42(56)41(55)23-22-36(52)25-37(53)28-45(58)64-34(5)32(3)47(59)31(2)20-18-16-14-12-10-8-9-11-13-15-17-19-21-39(30-44(46)66-40)67-51-49(61)33(4)48(60)35(6)65-51/h7-21,29,31-39,41-44,46-49,51-57,59-61H,1,22-28,30H2,2-6H3/b9-8+,12-10+,13-11+,16-14+,17-15+,20-18+,21-19+. The highest BCUT2D eigenvalue weighted by molar-refractivity contribution is 5.74. The maximum absolute atomic E-state index is 13.4. The molecule has 1 fully saturated rings. The molecule has 0 aliphatic carbocycles. The van der Waals surface area contributed by atoms with E-state index in [1.807, 2.05) is 61.6 Å². The van der Waals surface area contributed by atoms with Crippen LogP contribution in [0.3, 0.4) is 0 Å². The minimum absolute atomic E-state index is 0.0506. The summed E-state index contributed by atoms with van der Waals surface area (Å²) in [4.78, 5) is 26.0. The van der Waals surface area contributed by atoms with Crippen molar-refractivity contribution < 1.29 is 79.2 Å². The van der Waals surface area contributed by atoms with Gasteiger partial charge in [0.1, 0.15) is 30.8 Å². The monoisotopic (exact) mass is 945 g/mol. The van der Waals surface area contributed by atoms with Crippen molar-refractivity contribution in [2.45, 2.75) is 165 Å². The molecular formula is C51H76O16. The lowest BCUT2D eigenvalue weighted by Crippen LogP contribution is -2.54. The van der Waals surface area contributed by atoms with Crippen LogP contribution in [0.4, 0.5) is 0 Å². The predicted octanol–water partition coefficient (Wildman–Crippen LogP) is 3.47. The molecule has 0 aromatic carbocycles. The predicted molar refractivity (Wildman–Crippen MR) is 250 cm³/mol. The van der Waals surface area contributed by atoms with Crippen molar-refractivity contribution >= 4 is 11.9 Å². The molecule has 3 rings (SSSR count). The van der Waals surface area contributed by atoms with E-state index in [0.717, 1.165) is 0 Å². The molecule has 2 bridgehead atoms. The molecule has 3 aliphatic heterocycles. The molecule has 3 heterocycles. The second kappa shape index (κ2) is 29.8. The summed E-state index contributed by atoms with van der Waals surface area (Å²) in [5.74, 6) is -3.97. The molecule has 1 saturated heterocycles. The van der Waals surface area contributed by atoms with Crippen molar-refractivity contribution in [3.8, 4) is 0 Å². The van der Waals surface area contributed by atoms with Gasteiger partial charge in [0, 0.05) is 37.0 Å². The van der Waals surface area contributed by atoms with E-state index in [4.69, 9.17) is 23.7 Å². The highest BCUT2D eigenvalue weighted by Crippen LogP contribution is 2.34. The first-order valence-corrected chi connectivity index (χ1v) is 23.3. The Balaban J connectivity index is 1.89. The third-order valence-electron chi connectivity index (χ3n) is 12.2. The number of carbonyl (C=O) groups excluding carboxylic acids is 2. The number of rotatable bonds is 5. The third-order valence-corrected chi connectivity index (χ3v) is 12.2. The van der Waals surface area contributed by atoms with Crippen LogP contribution in [0.2, 0.25) is 0 Å². The molecule has 0 amide bonds. The minimum atomic E-state index is -1.46. The zero-order chi connectivity index (χ0) is 49.6. The SMILES string of the molecule is C=CCOC(=O)C1C(O)C=C2CC(O)CC(O)C(O)CCC(O)CC(O)CC(=O)OC(C)C(C)C(O)C(C)/C=C/C=C/C=C/C=C/C=C/C=C/C=C/C(OC3OC(C)C(O)C(C)C3O)CC1O2. The maximum atomic E-state index is 13.4. The molecular weight excluding hydrogens is 869 g/mol. The van der Waals surface area contributed by atoms with Crippen LogP contribution in [-0.4, -0.2) is 150 Å². The summed E-state index contributed by atoms with van der Waals surface area (Å²) >= 11 is 0. The second-order valence-electron chi connectivity index (χ2n) is 17.8. The number of hydrogen-bond acceptors (Lipinski definition) is 16. The van der Waals surface area contributed by atoms with Crippen molar-refractivity contribution in [1.82, 2.24) is 0 Å². The van der Waals surface area contributed by atoms with Crippen LogP contribution >= 0.6 is 0 Å². The Morgan fingerprint density at radius 2 is 1.24 bits per heavy atom. The summed E-state index contributed by atoms with van der Waals surface area (Å²) in [5, 5.41) is 97.5. The molecule has 3 aliphatic rings. The van der Waals surface area contributed by atoms with E-state index in [0.29, 0.717) is 0 Å². The van der Waals surface area contributed by atoms with Gasteiger partial charge in [0.2, 0.25) is 0 Å². The zero-order valence-corrected chi connectivity index (χ0v) is 39.4. The molecule has 0 saturated carbocycles. The summed E-state index contributed by atoms with van der Waals surface area (Å²) in [6.45, 7) is 12.0. The number of esters is 2. The molecule has 376 valence electrons. The van der Waals surface area contributed by atoms with E-state index in [9.17, 15) is 55.5 Å². The highest BCUT2D eigenvalue weighted by atomic mass is 16.7. The number of allylic oxidation sites excluding steroid dienone is 12. The fourth-order valence-corrected chi connectivity index (χ4v) is 7.92. The summed E-state index contributed by atoms with van der Waals surface area (Å²) in [6.07, 6.45) is 10.7. The number of aliphatic hydroxyl groups is 9. The number of cyclic esters (lactones) is 1.